The zero-order valence-corrected chi connectivity index (χ0v) is 10.7. The zero-order valence-electron chi connectivity index (χ0n) is 10.7. The van der Waals surface area contributed by atoms with Gasteiger partial charge in [0, 0.05) is 33.1 Å². The molecule has 1 aliphatic heterocycles. The molecule has 0 bridgehead atoms. The third-order valence-electron chi connectivity index (χ3n) is 3.27. The van der Waals surface area contributed by atoms with Crippen LogP contribution < -0.4 is 5.32 Å². The smallest absolute Gasteiger partial charge is 0.216 e. The number of aliphatic hydroxyl groups is 1. The van der Waals surface area contributed by atoms with Gasteiger partial charge in [0.05, 0.1) is 6.10 Å². The van der Waals surface area contributed by atoms with E-state index in [4.69, 9.17) is 0 Å². The quantitative estimate of drug-likeness (QED) is 0.818. The number of aliphatic hydroxyl groups excluding tert-OH is 1. The Balaban J connectivity index is 1.84. The van der Waals surface area contributed by atoms with Gasteiger partial charge in [0.25, 0.3) is 0 Å². The SMILES string of the molecule is CC(=O)NC[C@@H](O)CN1CCc2ccccc2C1. The van der Waals surface area contributed by atoms with Crippen LogP contribution in [0, 0.1) is 0 Å². The minimum absolute atomic E-state index is 0.0990. The van der Waals surface area contributed by atoms with Gasteiger partial charge >= 0.3 is 0 Å². The fraction of sp³-hybridized carbons (Fsp3) is 0.500. The maximum atomic E-state index is 10.8. The van der Waals surface area contributed by atoms with E-state index in [1.807, 2.05) is 0 Å². The molecule has 2 rings (SSSR count). The highest BCUT2D eigenvalue weighted by molar-refractivity contribution is 5.72. The summed E-state index contributed by atoms with van der Waals surface area (Å²) >= 11 is 0. The number of carbonyl (C=O) groups is 1. The predicted octanol–water partition coefficient (Wildman–Crippen LogP) is 0.542. The normalized spacial score (nSPS) is 17.0. The molecule has 1 aromatic rings. The third-order valence-corrected chi connectivity index (χ3v) is 3.27. The highest BCUT2D eigenvalue weighted by Crippen LogP contribution is 2.18. The van der Waals surface area contributed by atoms with Gasteiger partial charge in [0.15, 0.2) is 0 Å². The minimum Gasteiger partial charge on any atom is -0.390 e. The number of rotatable bonds is 4. The Labute approximate surface area is 108 Å². The van der Waals surface area contributed by atoms with Crippen LogP contribution in [0.1, 0.15) is 18.1 Å². The van der Waals surface area contributed by atoms with Crippen LogP contribution in [0.4, 0.5) is 0 Å². The molecule has 18 heavy (non-hydrogen) atoms. The van der Waals surface area contributed by atoms with Crippen molar-refractivity contribution in [1.82, 2.24) is 10.2 Å². The van der Waals surface area contributed by atoms with Crippen molar-refractivity contribution in [2.24, 2.45) is 0 Å². The number of β-amino-alcohol motifs (C(OH)–C–C–N with tert-alkyl or cyclic N) is 1. The molecule has 4 heteroatoms. The fourth-order valence-electron chi connectivity index (χ4n) is 2.33. The maximum absolute atomic E-state index is 10.8. The number of hydrogen-bond acceptors (Lipinski definition) is 3. The van der Waals surface area contributed by atoms with Crippen LogP contribution in [0.15, 0.2) is 24.3 Å². The fourth-order valence-corrected chi connectivity index (χ4v) is 2.33. The van der Waals surface area contributed by atoms with E-state index in [9.17, 15) is 9.90 Å². The van der Waals surface area contributed by atoms with E-state index < -0.39 is 6.10 Å². The summed E-state index contributed by atoms with van der Waals surface area (Å²) in [6.07, 6.45) is 0.530. The summed E-state index contributed by atoms with van der Waals surface area (Å²) in [6.45, 7) is 4.24. The Morgan fingerprint density at radius 2 is 2.17 bits per heavy atom. The van der Waals surface area contributed by atoms with Gasteiger partial charge in [-0.2, -0.15) is 0 Å². The van der Waals surface area contributed by atoms with Crippen LogP contribution >= 0.6 is 0 Å². The topological polar surface area (TPSA) is 52.6 Å². The van der Waals surface area contributed by atoms with Gasteiger partial charge in [-0.1, -0.05) is 24.3 Å². The van der Waals surface area contributed by atoms with Crippen LogP contribution in [0.5, 0.6) is 0 Å². The number of carbonyl (C=O) groups excluding carboxylic acids is 1. The van der Waals surface area contributed by atoms with Gasteiger partial charge in [-0.15, -0.1) is 0 Å². The Morgan fingerprint density at radius 3 is 2.89 bits per heavy atom. The molecule has 0 saturated heterocycles. The molecule has 0 fully saturated rings. The molecule has 0 radical (unpaired) electrons. The lowest BCUT2D eigenvalue weighted by molar-refractivity contribution is -0.119. The van der Waals surface area contributed by atoms with Crippen molar-refractivity contribution in [2.75, 3.05) is 19.6 Å². The summed E-state index contributed by atoms with van der Waals surface area (Å²) < 4.78 is 0. The number of amides is 1. The monoisotopic (exact) mass is 248 g/mol. The molecule has 4 nitrogen and oxygen atoms in total. The first kappa shape index (κ1) is 13.1. The summed E-state index contributed by atoms with van der Waals surface area (Å²) in [5.74, 6) is -0.0990. The first-order chi connectivity index (χ1) is 8.65. The van der Waals surface area contributed by atoms with Crippen molar-refractivity contribution in [1.29, 1.82) is 0 Å². The first-order valence-corrected chi connectivity index (χ1v) is 6.37. The molecule has 0 unspecified atom stereocenters. The molecule has 0 aromatic heterocycles. The molecule has 1 aromatic carbocycles. The van der Waals surface area contributed by atoms with E-state index in [0.29, 0.717) is 13.1 Å². The van der Waals surface area contributed by atoms with Gasteiger partial charge < -0.3 is 10.4 Å². The molecule has 0 spiro atoms. The van der Waals surface area contributed by atoms with Crippen molar-refractivity contribution in [3.63, 3.8) is 0 Å². The van der Waals surface area contributed by atoms with Gasteiger partial charge in [-0.3, -0.25) is 9.69 Å². The van der Waals surface area contributed by atoms with Crippen LogP contribution in [-0.2, 0) is 17.8 Å². The average Bonchev–Trinajstić information content (AvgIpc) is 2.36. The lowest BCUT2D eigenvalue weighted by Crippen LogP contribution is -2.41. The molecule has 1 atom stereocenters. The molecule has 2 N–H and O–H groups in total. The Morgan fingerprint density at radius 1 is 1.44 bits per heavy atom. The lowest BCUT2D eigenvalue weighted by Gasteiger charge is -2.30. The van der Waals surface area contributed by atoms with E-state index in [-0.39, 0.29) is 5.91 Å². The van der Waals surface area contributed by atoms with Crippen molar-refractivity contribution >= 4 is 5.91 Å². The van der Waals surface area contributed by atoms with Crippen molar-refractivity contribution in [2.45, 2.75) is 26.0 Å². The zero-order chi connectivity index (χ0) is 13.0. The van der Waals surface area contributed by atoms with Crippen LogP contribution in [0.3, 0.4) is 0 Å². The third kappa shape index (κ3) is 3.55. The summed E-state index contributed by atoms with van der Waals surface area (Å²) in [5.41, 5.74) is 2.75. The minimum atomic E-state index is -0.501. The molecular formula is C14H20N2O2. The highest BCUT2D eigenvalue weighted by atomic mass is 16.3. The average molecular weight is 248 g/mol. The summed E-state index contributed by atoms with van der Waals surface area (Å²) in [6, 6.07) is 8.43. The second kappa shape index (κ2) is 5.98. The summed E-state index contributed by atoms with van der Waals surface area (Å²) in [7, 11) is 0. The second-order valence-corrected chi connectivity index (χ2v) is 4.84. The van der Waals surface area contributed by atoms with Crippen molar-refractivity contribution in [3.8, 4) is 0 Å². The van der Waals surface area contributed by atoms with Crippen molar-refractivity contribution < 1.29 is 9.90 Å². The van der Waals surface area contributed by atoms with E-state index in [2.05, 4.69) is 34.5 Å². The molecular weight excluding hydrogens is 228 g/mol. The predicted molar refractivity (Wildman–Crippen MR) is 70.1 cm³/mol. The summed E-state index contributed by atoms with van der Waals surface area (Å²) in [5, 5.41) is 12.5. The Kier molecular flexibility index (Phi) is 4.33. The number of benzene rings is 1. The van der Waals surface area contributed by atoms with Gasteiger partial charge in [0.2, 0.25) is 5.91 Å². The Hall–Kier alpha value is -1.39. The number of nitrogens with one attached hydrogen (secondary N) is 1. The van der Waals surface area contributed by atoms with Crippen LogP contribution in [0.2, 0.25) is 0 Å². The van der Waals surface area contributed by atoms with E-state index in [0.717, 1.165) is 19.5 Å². The van der Waals surface area contributed by atoms with Crippen LogP contribution in [-0.4, -0.2) is 41.7 Å². The van der Waals surface area contributed by atoms with Crippen molar-refractivity contribution in [3.05, 3.63) is 35.4 Å². The summed E-state index contributed by atoms with van der Waals surface area (Å²) in [4.78, 5) is 13.0. The molecule has 1 aliphatic rings. The first-order valence-electron chi connectivity index (χ1n) is 6.37. The standard InChI is InChI=1S/C14H20N2O2/c1-11(17)15-8-14(18)10-16-7-6-12-4-2-3-5-13(12)9-16/h2-5,14,18H,6-10H2,1H3,(H,15,17)/t14-/m1/s1. The molecule has 0 aliphatic carbocycles. The molecule has 98 valence electrons. The largest absolute Gasteiger partial charge is 0.390 e. The van der Waals surface area contributed by atoms with E-state index in [1.54, 1.807) is 0 Å². The van der Waals surface area contributed by atoms with Gasteiger partial charge in [0.1, 0.15) is 0 Å². The second-order valence-electron chi connectivity index (χ2n) is 4.84. The molecule has 1 heterocycles. The Bertz CT molecular complexity index is 420. The lowest BCUT2D eigenvalue weighted by atomic mass is 10.00. The maximum Gasteiger partial charge on any atom is 0.216 e. The van der Waals surface area contributed by atoms with Gasteiger partial charge in [-0.25, -0.2) is 0 Å². The van der Waals surface area contributed by atoms with Gasteiger partial charge in [-0.05, 0) is 17.5 Å². The van der Waals surface area contributed by atoms with Crippen LogP contribution in [0.25, 0.3) is 0 Å². The highest BCUT2D eigenvalue weighted by Gasteiger charge is 2.18. The number of fused-ring (bicyclic) bond motifs is 1. The molecule has 1 amide bonds. The molecule has 0 saturated carbocycles. The van der Waals surface area contributed by atoms with E-state index in [1.165, 1.54) is 18.1 Å². The number of nitrogens with zero attached hydrogens (tertiary/aromatic N) is 1. The number of hydrogen-bond donors (Lipinski definition) is 2. The van der Waals surface area contributed by atoms with E-state index >= 15 is 0 Å².